The third kappa shape index (κ3) is 2.86. The second-order valence-corrected chi connectivity index (χ2v) is 7.05. The SMILES string of the molecule is CC(=O)C1C(=O)C(=O)N(c2ccc(Cl)cc2F)C1C1CCCCC1. The molecule has 4 nitrogen and oxygen atoms in total. The van der Waals surface area contributed by atoms with Crippen LogP contribution in [-0.2, 0) is 14.4 Å². The zero-order valence-electron chi connectivity index (χ0n) is 13.4. The maximum atomic E-state index is 14.4. The molecular weight excluding hydrogens is 333 g/mol. The Labute approximate surface area is 145 Å². The highest BCUT2D eigenvalue weighted by Crippen LogP contribution is 2.40. The molecular formula is C18H19ClFNO3. The highest BCUT2D eigenvalue weighted by atomic mass is 35.5. The minimum atomic E-state index is -1.00. The fourth-order valence-electron chi connectivity index (χ4n) is 4.02. The predicted octanol–water partition coefficient (Wildman–Crippen LogP) is 3.55. The monoisotopic (exact) mass is 351 g/mol. The van der Waals surface area contributed by atoms with Gasteiger partial charge in [0.2, 0.25) is 5.78 Å². The molecule has 1 saturated heterocycles. The summed E-state index contributed by atoms with van der Waals surface area (Å²) in [4.78, 5) is 38.2. The number of benzene rings is 1. The Kier molecular flexibility index (Phi) is 4.72. The Hall–Kier alpha value is -1.75. The summed E-state index contributed by atoms with van der Waals surface area (Å²) in [6.07, 6.45) is 4.75. The van der Waals surface area contributed by atoms with Gasteiger partial charge in [-0.3, -0.25) is 19.3 Å². The topological polar surface area (TPSA) is 54.5 Å². The summed E-state index contributed by atoms with van der Waals surface area (Å²) in [5.74, 6) is -3.50. The smallest absolute Gasteiger partial charge is 0.295 e. The summed E-state index contributed by atoms with van der Waals surface area (Å²) in [7, 11) is 0. The number of Topliss-reactive ketones (excluding diaryl/α,β-unsaturated/α-hetero) is 2. The van der Waals surface area contributed by atoms with E-state index in [0.29, 0.717) is 0 Å². The highest BCUT2D eigenvalue weighted by molar-refractivity contribution is 6.48. The molecule has 2 fully saturated rings. The van der Waals surface area contributed by atoms with E-state index in [-0.39, 0.29) is 22.4 Å². The van der Waals surface area contributed by atoms with Crippen molar-refractivity contribution in [1.82, 2.24) is 0 Å². The second kappa shape index (κ2) is 6.63. The normalized spacial score (nSPS) is 25.4. The van der Waals surface area contributed by atoms with Crippen LogP contribution >= 0.6 is 11.6 Å². The quantitative estimate of drug-likeness (QED) is 0.618. The molecule has 1 aromatic carbocycles. The average Bonchev–Trinajstić information content (AvgIpc) is 2.81. The van der Waals surface area contributed by atoms with Gasteiger partial charge in [-0.2, -0.15) is 0 Å². The van der Waals surface area contributed by atoms with Gasteiger partial charge >= 0.3 is 0 Å². The molecule has 1 heterocycles. The molecule has 2 unspecified atom stereocenters. The Bertz CT molecular complexity index is 700. The molecule has 1 amide bonds. The molecule has 1 aliphatic heterocycles. The molecule has 6 heteroatoms. The van der Waals surface area contributed by atoms with Gasteiger partial charge < -0.3 is 0 Å². The van der Waals surface area contributed by atoms with E-state index in [9.17, 15) is 18.8 Å². The molecule has 0 radical (unpaired) electrons. The van der Waals surface area contributed by atoms with E-state index < -0.39 is 29.5 Å². The lowest BCUT2D eigenvalue weighted by molar-refractivity contribution is -0.138. The van der Waals surface area contributed by atoms with Crippen LogP contribution in [-0.4, -0.2) is 23.5 Å². The Morgan fingerprint density at radius 2 is 1.88 bits per heavy atom. The summed E-state index contributed by atoms with van der Waals surface area (Å²) in [6, 6.07) is 3.41. The number of ketones is 2. The van der Waals surface area contributed by atoms with Crippen molar-refractivity contribution < 1.29 is 18.8 Å². The zero-order chi connectivity index (χ0) is 17.4. The fourth-order valence-corrected chi connectivity index (χ4v) is 4.18. The summed E-state index contributed by atoms with van der Waals surface area (Å²) >= 11 is 5.79. The molecule has 128 valence electrons. The average molecular weight is 352 g/mol. The van der Waals surface area contributed by atoms with Crippen molar-refractivity contribution in [2.75, 3.05) is 4.90 Å². The molecule has 0 spiro atoms. The summed E-state index contributed by atoms with van der Waals surface area (Å²) in [6.45, 7) is 1.33. The predicted molar refractivity (Wildman–Crippen MR) is 88.4 cm³/mol. The standard InChI is InChI=1S/C18H19ClFNO3/c1-10(22)15-16(11-5-3-2-4-6-11)21(18(24)17(15)23)14-8-7-12(19)9-13(14)20/h7-9,11,15-16H,2-6H2,1H3. The summed E-state index contributed by atoms with van der Waals surface area (Å²) in [5.41, 5.74) is 0.0251. The molecule has 2 aliphatic rings. The van der Waals surface area contributed by atoms with Crippen molar-refractivity contribution >= 4 is 34.8 Å². The third-order valence-electron chi connectivity index (χ3n) is 5.09. The minimum absolute atomic E-state index is 0.0251. The first kappa shape index (κ1) is 17.1. The van der Waals surface area contributed by atoms with Crippen LogP contribution in [0.15, 0.2) is 18.2 Å². The summed E-state index contributed by atoms with van der Waals surface area (Å²) in [5, 5.41) is 0.214. The molecule has 0 N–H and O–H groups in total. The van der Waals surface area contributed by atoms with Gasteiger partial charge in [-0.15, -0.1) is 0 Å². The number of hydrogen-bond donors (Lipinski definition) is 0. The van der Waals surface area contributed by atoms with Crippen molar-refractivity contribution in [3.8, 4) is 0 Å². The fraction of sp³-hybridized carbons (Fsp3) is 0.500. The first-order valence-electron chi connectivity index (χ1n) is 8.24. The van der Waals surface area contributed by atoms with Crippen LogP contribution in [0.25, 0.3) is 0 Å². The molecule has 1 saturated carbocycles. The van der Waals surface area contributed by atoms with Crippen molar-refractivity contribution in [1.29, 1.82) is 0 Å². The number of anilines is 1. The Morgan fingerprint density at radius 3 is 2.46 bits per heavy atom. The summed E-state index contributed by atoms with van der Waals surface area (Å²) < 4.78 is 14.4. The molecule has 3 rings (SSSR count). The van der Waals surface area contributed by atoms with E-state index in [1.165, 1.54) is 24.0 Å². The van der Waals surface area contributed by atoms with E-state index in [1.807, 2.05) is 0 Å². The lowest BCUT2D eigenvalue weighted by Gasteiger charge is -2.35. The molecule has 0 bridgehead atoms. The van der Waals surface area contributed by atoms with Gasteiger partial charge in [0.1, 0.15) is 17.5 Å². The number of halogens is 2. The van der Waals surface area contributed by atoms with E-state index in [4.69, 9.17) is 11.6 Å². The number of hydrogen-bond acceptors (Lipinski definition) is 3. The maximum absolute atomic E-state index is 14.4. The zero-order valence-corrected chi connectivity index (χ0v) is 14.2. The molecule has 24 heavy (non-hydrogen) atoms. The van der Waals surface area contributed by atoms with Crippen LogP contribution in [0.3, 0.4) is 0 Å². The van der Waals surface area contributed by atoms with Gasteiger partial charge in [0, 0.05) is 5.02 Å². The van der Waals surface area contributed by atoms with Gasteiger partial charge in [0.05, 0.1) is 11.7 Å². The lowest BCUT2D eigenvalue weighted by Crippen LogP contribution is -2.43. The molecule has 1 aliphatic carbocycles. The van der Waals surface area contributed by atoms with Gasteiger partial charge in [-0.1, -0.05) is 30.9 Å². The molecule has 1 aromatic rings. The van der Waals surface area contributed by atoms with Gasteiger partial charge in [-0.25, -0.2) is 4.39 Å². The Balaban J connectivity index is 2.07. The van der Waals surface area contributed by atoms with E-state index >= 15 is 0 Å². The van der Waals surface area contributed by atoms with E-state index in [1.54, 1.807) is 0 Å². The van der Waals surface area contributed by atoms with Crippen molar-refractivity contribution in [2.24, 2.45) is 11.8 Å². The Morgan fingerprint density at radius 1 is 1.21 bits per heavy atom. The number of amides is 1. The van der Waals surface area contributed by atoms with Crippen LogP contribution in [0.1, 0.15) is 39.0 Å². The number of nitrogens with zero attached hydrogens (tertiary/aromatic N) is 1. The number of rotatable bonds is 3. The highest BCUT2D eigenvalue weighted by Gasteiger charge is 2.53. The van der Waals surface area contributed by atoms with Crippen LogP contribution in [0, 0.1) is 17.7 Å². The van der Waals surface area contributed by atoms with E-state index in [2.05, 4.69) is 0 Å². The maximum Gasteiger partial charge on any atom is 0.295 e. The van der Waals surface area contributed by atoms with Crippen LogP contribution in [0.2, 0.25) is 5.02 Å². The third-order valence-corrected chi connectivity index (χ3v) is 5.33. The van der Waals surface area contributed by atoms with Crippen LogP contribution < -0.4 is 4.90 Å². The van der Waals surface area contributed by atoms with Crippen LogP contribution in [0.4, 0.5) is 10.1 Å². The van der Waals surface area contributed by atoms with Gasteiger partial charge in [-0.05, 0) is 43.9 Å². The van der Waals surface area contributed by atoms with Crippen molar-refractivity contribution in [2.45, 2.75) is 45.1 Å². The second-order valence-electron chi connectivity index (χ2n) is 6.61. The largest absolute Gasteiger partial charge is 0.299 e. The minimum Gasteiger partial charge on any atom is -0.299 e. The molecule has 0 aromatic heterocycles. The van der Waals surface area contributed by atoms with Crippen molar-refractivity contribution in [3.05, 3.63) is 29.0 Å². The first-order chi connectivity index (χ1) is 11.4. The van der Waals surface area contributed by atoms with Gasteiger partial charge in [0.15, 0.2) is 0 Å². The number of carbonyl (C=O) groups is 3. The van der Waals surface area contributed by atoms with Gasteiger partial charge in [0.25, 0.3) is 5.91 Å². The first-order valence-corrected chi connectivity index (χ1v) is 8.62. The number of carbonyl (C=O) groups excluding carboxylic acids is 3. The lowest BCUT2D eigenvalue weighted by atomic mass is 9.77. The van der Waals surface area contributed by atoms with E-state index in [0.717, 1.165) is 38.2 Å². The van der Waals surface area contributed by atoms with Crippen molar-refractivity contribution in [3.63, 3.8) is 0 Å². The van der Waals surface area contributed by atoms with Crippen LogP contribution in [0.5, 0.6) is 0 Å². The molecule has 2 atom stereocenters.